The highest BCUT2D eigenvalue weighted by molar-refractivity contribution is 6.08. The maximum absolute atomic E-state index is 12.6. The van der Waals surface area contributed by atoms with Crippen LogP contribution in [0.3, 0.4) is 0 Å². The molecule has 0 saturated carbocycles. The monoisotopic (exact) mass is 445 g/mol. The number of nitrogens with zero attached hydrogens (tertiary/aromatic N) is 2. The van der Waals surface area contributed by atoms with E-state index in [1.54, 1.807) is 14.0 Å². The van der Waals surface area contributed by atoms with Crippen molar-refractivity contribution >= 4 is 28.3 Å². The predicted octanol–water partition coefficient (Wildman–Crippen LogP) is 5.62. The van der Waals surface area contributed by atoms with Crippen LogP contribution >= 0.6 is 0 Å². The Kier molecular flexibility index (Phi) is 6.54. The Hall–Kier alpha value is -3.54. The minimum absolute atomic E-state index is 0.0573. The molecule has 0 saturated heterocycles. The second-order valence-corrected chi connectivity index (χ2v) is 8.82. The lowest BCUT2D eigenvalue weighted by Crippen LogP contribution is -2.43. The summed E-state index contributed by atoms with van der Waals surface area (Å²) in [6.07, 6.45) is 0.859. The maximum Gasteiger partial charge on any atom is 0.217 e. The van der Waals surface area contributed by atoms with Crippen molar-refractivity contribution in [2.75, 3.05) is 14.2 Å². The summed E-state index contributed by atoms with van der Waals surface area (Å²) in [5, 5.41) is 0.925. The second kappa shape index (κ2) is 9.53. The largest absolute Gasteiger partial charge is 0.481 e. The van der Waals surface area contributed by atoms with Gasteiger partial charge in [0.1, 0.15) is 18.3 Å². The van der Waals surface area contributed by atoms with E-state index in [-0.39, 0.29) is 11.8 Å². The minimum Gasteiger partial charge on any atom is -0.481 e. The predicted molar refractivity (Wildman–Crippen MR) is 132 cm³/mol. The van der Waals surface area contributed by atoms with Crippen LogP contribution in [-0.2, 0) is 16.1 Å². The lowest BCUT2D eigenvalue weighted by molar-refractivity contribution is 0.101. The zero-order chi connectivity index (χ0) is 23.5. The molecule has 1 aliphatic heterocycles. The Labute approximate surface area is 194 Å². The van der Waals surface area contributed by atoms with Gasteiger partial charge >= 0.3 is 0 Å². The summed E-state index contributed by atoms with van der Waals surface area (Å²) >= 11 is 0. The van der Waals surface area contributed by atoms with Crippen molar-refractivity contribution in [3.8, 4) is 0 Å². The molecule has 0 amide bonds. The number of ketones is 1. The lowest BCUT2D eigenvalue weighted by atomic mass is 9.99. The molecule has 33 heavy (non-hydrogen) atoms. The highest BCUT2D eigenvalue weighted by Crippen LogP contribution is 2.37. The summed E-state index contributed by atoms with van der Waals surface area (Å²) in [6, 6.07) is 17.9. The zero-order valence-electron chi connectivity index (χ0n) is 19.9. The molecule has 0 spiro atoms. The number of benzene rings is 2. The van der Waals surface area contributed by atoms with Crippen LogP contribution in [0.1, 0.15) is 48.8 Å². The average Bonchev–Trinajstić information content (AvgIpc) is 3.19. The molecule has 172 valence electrons. The molecule has 1 unspecified atom stereocenters. The summed E-state index contributed by atoms with van der Waals surface area (Å²) in [6.45, 7) is 6.35. The number of aliphatic imine (C=N–C) groups is 1. The van der Waals surface area contributed by atoms with Gasteiger partial charge in [-0.25, -0.2) is 4.99 Å². The molecule has 6 heteroatoms. The molecule has 1 aliphatic rings. The number of hydrogen-bond donors (Lipinski definition) is 1. The van der Waals surface area contributed by atoms with E-state index in [0.29, 0.717) is 35.7 Å². The maximum atomic E-state index is 12.6. The van der Waals surface area contributed by atoms with Crippen LogP contribution in [-0.4, -0.2) is 41.8 Å². The number of aromatic amines is 1. The van der Waals surface area contributed by atoms with E-state index in [1.807, 2.05) is 61.6 Å². The molecule has 0 bridgehead atoms. The summed E-state index contributed by atoms with van der Waals surface area (Å²) in [5.41, 5.74) is 3.82. The van der Waals surface area contributed by atoms with Crippen LogP contribution in [0.25, 0.3) is 16.6 Å². The van der Waals surface area contributed by atoms with Crippen LogP contribution in [0, 0.1) is 5.92 Å². The standard InChI is InChI=1S/C27H31N3O3/c1-17(2)15-22-26(33-16-19-11-7-6-8-12-19)29-25(27(32-5)30(22)4)23-20-13-9-10-14-21(20)28-24(23)18(3)31/h6-14,17,22,28H,15-16H2,1-5H3. The van der Waals surface area contributed by atoms with Crippen LogP contribution < -0.4 is 0 Å². The fourth-order valence-corrected chi connectivity index (χ4v) is 4.33. The average molecular weight is 446 g/mol. The molecule has 0 fully saturated rings. The Morgan fingerprint density at radius 3 is 2.48 bits per heavy atom. The van der Waals surface area contributed by atoms with Gasteiger partial charge in [-0.2, -0.15) is 0 Å². The highest BCUT2D eigenvalue weighted by atomic mass is 16.5. The normalized spacial score (nSPS) is 16.4. The summed E-state index contributed by atoms with van der Waals surface area (Å²) in [7, 11) is 3.64. The second-order valence-electron chi connectivity index (χ2n) is 8.82. The van der Waals surface area contributed by atoms with Gasteiger partial charge in [0.05, 0.1) is 12.8 Å². The first-order chi connectivity index (χ1) is 15.9. The third kappa shape index (κ3) is 4.51. The number of Topliss-reactive ketones (excluding diaryl/α,β-unsaturated/α-hetero) is 1. The first kappa shape index (κ1) is 22.6. The molecular weight excluding hydrogens is 414 g/mol. The number of hydrogen-bond acceptors (Lipinski definition) is 5. The van der Waals surface area contributed by atoms with Gasteiger partial charge in [-0.05, 0) is 24.0 Å². The lowest BCUT2D eigenvalue weighted by Gasteiger charge is -2.36. The fourth-order valence-electron chi connectivity index (χ4n) is 4.33. The van der Waals surface area contributed by atoms with Gasteiger partial charge in [0.15, 0.2) is 5.78 Å². The van der Waals surface area contributed by atoms with Crippen molar-refractivity contribution in [2.24, 2.45) is 10.9 Å². The number of rotatable bonds is 7. The number of carbonyl (C=O) groups excluding carboxylic acids is 1. The number of fused-ring (bicyclic) bond motifs is 1. The Balaban J connectivity index is 1.85. The van der Waals surface area contributed by atoms with Gasteiger partial charge in [0.2, 0.25) is 11.8 Å². The van der Waals surface area contributed by atoms with Gasteiger partial charge in [-0.3, -0.25) is 4.79 Å². The topological polar surface area (TPSA) is 66.9 Å². The zero-order valence-corrected chi connectivity index (χ0v) is 19.9. The Morgan fingerprint density at radius 2 is 1.82 bits per heavy atom. The van der Waals surface area contributed by atoms with Crippen molar-refractivity contribution in [2.45, 2.75) is 39.8 Å². The van der Waals surface area contributed by atoms with Crippen LogP contribution in [0.5, 0.6) is 0 Å². The van der Waals surface area contributed by atoms with E-state index in [9.17, 15) is 4.79 Å². The fraction of sp³-hybridized carbons (Fsp3) is 0.333. The number of para-hydroxylation sites is 1. The van der Waals surface area contributed by atoms with E-state index in [0.717, 1.165) is 28.5 Å². The van der Waals surface area contributed by atoms with E-state index >= 15 is 0 Å². The quantitative estimate of drug-likeness (QED) is 0.480. The molecule has 0 radical (unpaired) electrons. The molecule has 0 aliphatic carbocycles. The van der Waals surface area contributed by atoms with Crippen molar-refractivity contribution in [3.63, 3.8) is 0 Å². The van der Waals surface area contributed by atoms with Gasteiger partial charge in [0, 0.05) is 30.4 Å². The van der Waals surface area contributed by atoms with Crippen molar-refractivity contribution < 1.29 is 14.3 Å². The van der Waals surface area contributed by atoms with Gasteiger partial charge < -0.3 is 19.4 Å². The molecule has 1 aromatic heterocycles. The van der Waals surface area contributed by atoms with E-state index in [2.05, 4.69) is 23.7 Å². The smallest absolute Gasteiger partial charge is 0.217 e. The molecule has 1 N–H and O–H groups in total. The highest BCUT2D eigenvalue weighted by Gasteiger charge is 2.35. The van der Waals surface area contributed by atoms with Gasteiger partial charge in [-0.1, -0.05) is 62.4 Å². The summed E-state index contributed by atoms with van der Waals surface area (Å²) < 4.78 is 12.2. The SMILES string of the molecule is COC1=C(c2c(C(C)=O)[nH]c3ccccc23)N=C(OCc2ccccc2)C(CC(C)C)N1C. The van der Waals surface area contributed by atoms with E-state index < -0.39 is 0 Å². The van der Waals surface area contributed by atoms with Crippen LogP contribution in [0.4, 0.5) is 0 Å². The Morgan fingerprint density at radius 1 is 1.12 bits per heavy atom. The number of carbonyl (C=O) groups is 1. The summed E-state index contributed by atoms with van der Waals surface area (Å²) in [4.78, 5) is 22.9. The third-order valence-corrected chi connectivity index (χ3v) is 5.91. The molecule has 2 heterocycles. The summed E-state index contributed by atoms with van der Waals surface area (Å²) in [5.74, 6) is 1.63. The van der Waals surface area contributed by atoms with E-state index in [1.165, 1.54) is 0 Å². The first-order valence-corrected chi connectivity index (χ1v) is 11.3. The minimum atomic E-state index is -0.0709. The number of aromatic nitrogens is 1. The van der Waals surface area contributed by atoms with Gasteiger partial charge in [-0.15, -0.1) is 0 Å². The molecule has 2 aromatic carbocycles. The first-order valence-electron chi connectivity index (χ1n) is 11.3. The molecule has 3 aromatic rings. The van der Waals surface area contributed by atoms with Crippen LogP contribution in [0.2, 0.25) is 0 Å². The van der Waals surface area contributed by atoms with Crippen molar-refractivity contribution in [1.29, 1.82) is 0 Å². The Bertz CT molecular complexity index is 1210. The van der Waals surface area contributed by atoms with Crippen LogP contribution in [0.15, 0.2) is 65.5 Å². The number of likely N-dealkylation sites (N-methyl/N-ethyl adjacent to an activating group) is 1. The molecular formula is C27H31N3O3. The van der Waals surface area contributed by atoms with Gasteiger partial charge in [0.25, 0.3) is 0 Å². The van der Waals surface area contributed by atoms with Crippen molar-refractivity contribution in [3.05, 3.63) is 77.3 Å². The third-order valence-electron chi connectivity index (χ3n) is 5.91. The number of H-pyrrole nitrogens is 1. The number of nitrogens with one attached hydrogen (secondary N) is 1. The van der Waals surface area contributed by atoms with E-state index in [4.69, 9.17) is 14.5 Å². The molecule has 1 atom stereocenters. The molecule has 4 rings (SSSR count). The number of methoxy groups -OCH3 is 1. The van der Waals surface area contributed by atoms with Crippen molar-refractivity contribution in [1.82, 2.24) is 9.88 Å². The molecule has 6 nitrogen and oxygen atoms in total. The number of ether oxygens (including phenoxy) is 2.